The second kappa shape index (κ2) is 8.95. The molecule has 0 aliphatic heterocycles. The van der Waals surface area contributed by atoms with Crippen LogP contribution < -0.4 is 5.32 Å². The molecule has 1 aromatic carbocycles. The van der Waals surface area contributed by atoms with Crippen LogP contribution in [0, 0.1) is 0 Å². The van der Waals surface area contributed by atoms with E-state index in [1.54, 1.807) is 12.4 Å². The molecule has 2 aromatic rings. The molecule has 0 saturated heterocycles. The van der Waals surface area contributed by atoms with Crippen LogP contribution in [0.5, 0.6) is 0 Å². The molecule has 1 heterocycles. The molecular formula is C18H22N2O2. The molecule has 1 unspecified atom stereocenters. The first kappa shape index (κ1) is 16.2. The second-order valence-corrected chi connectivity index (χ2v) is 5.29. The van der Waals surface area contributed by atoms with E-state index in [0.29, 0.717) is 25.8 Å². The number of rotatable bonds is 8. The predicted octanol–water partition coefficient (Wildman–Crippen LogP) is 2.30. The van der Waals surface area contributed by atoms with E-state index < -0.39 is 0 Å². The van der Waals surface area contributed by atoms with Crippen LogP contribution in [-0.4, -0.2) is 29.1 Å². The summed E-state index contributed by atoms with van der Waals surface area (Å²) in [7, 11) is 0. The third-order valence-corrected chi connectivity index (χ3v) is 3.66. The van der Waals surface area contributed by atoms with Gasteiger partial charge in [0.1, 0.15) is 0 Å². The first-order valence-electron chi connectivity index (χ1n) is 7.61. The third-order valence-electron chi connectivity index (χ3n) is 3.66. The van der Waals surface area contributed by atoms with Gasteiger partial charge in [-0.1, -0.05) is 36.4 Å². The van der Waals surface area contributed by atoms with Crippen molar-refractivity contribution in [2.75, 3.05) is 13.2 Å². The van der Waals surface area contributed by atoms with E-state index in [2.05, 4.69) is 10.3 Å². The summed E-state index contributed by atoms with van der Waals surface area (Å²) in [5, 5.41) is 12.2. The molecule has 1 amide bonds. The third kappa shape index (κ3) is 5.30. The van der Waals surface area contributed by atoms with Gasteiger partial charge in [-0.3, -0.25) is 9.78 Å². The lowest BCUT2D eigenvalue weighted by atomic mass is 9.96. The van der Waals surface area contributed by atoms with E-state index in [4.69, 9.17) is 0 Å². The highest BCUT2D eigenvalue weighted by Gasteiger charge is 2.12. The highest BCUT2D eigenvalue weighted by molar-refractivity contribution is 5.76. The first-order chi connectivity index (χ1) is 10.8. The maximum atomic E-state index is 12.0. The minimum Gasteiger partial charge on any atom is -0.396 e. The van der Waals surface area contributed by atoms with Gasteiger partial charge in [-0.05, 0) is 30.0 Å². The smallest absolute Gasteiger partial charge is 0.220 e. The van der Waals surface area contributed by atoms with Gasteiger partial charge >= 0.3 is 0 Å². The fourth-order valence-corrected chi connectivity index (χ4v) is 2.40. The van der Waals surface area contributed by atoms with Crippen molar-refractivity contribution in [3.05, 3.63) is 66.0 Å². The Morgan fingerprint density at radius 2 is 2.00 bits per heavy atom. The van der Waals surface area contributed by atoms with Crippen molar-refractivity contribution in [2.45, 2.75) is 25.2 Å². The van der Waals surface area contributed by atoms with Crippen LogP contribution in [0.2, 0.25) is 0 Å². The second-order valence-electron chi connectivity index (χ2n) is 5.29. The summed E-state index contributed by atoms with van der Waals surface area (Å²) < 4.78 is 0. The van der Waals surface area contributed by atoms with Gasteiger partial charge in [0.2, 0.25) is 5.91 Å². The van der Waals surface area contributed by atoms with Crippen molar-refractivity contribution < 1.29 is 9.90 Å². The fraction of sp³-hybridized carbons (Fsp3) is 0.333. The summed E-state index contributed by atoms with van der Waals surface area (Å²) in [5.74, 6) is 0.177. The monoisotopic (exact) mass is 298 g/mol. The van der Waals surface area contributed by atoms with Crippen LogP contribution >= 0.6 is 0 Å². The zero-order chi connectivity index (χ0) is 15.6. The van der Waals surface area contributed by atoms with Crippen LogP contribution in [-0.2, 0) is 11.2 Å². The maximum Gasteiger partial charge on any atom is 0.220 e. The number of aryl methyl sites for hydroxylation is 1. The summed E-state index contributed by atoms with van der Waals surface area (Å²) in [6.07, 6.45) is 5.30. The van der Waals surface area contributed by atoms with Gasteiger partial charge in [-0.2, -0.15) is 0 Å². The van der Waals surface area contributed by atoms with E-state index in [0.717, 1.165) is 11.1 Å². The van der Waals surface area contributed by atoms with Gasteiger partial charge in [-0.15, -0.1) is 0 Å². The van der Waals surface area contributed by atoms with Crippen LogP contribution in [0.3, 0.4) is 0 Å². The molecule has 4 nitrogen and oxygen atoms in total. The number of benzene rings is 1. The number of amides is 1. The Hall–Kier alpha value is -2.20. The number of hydrogen-bond acceptors (Lipinski definition) is 3. The Morgan fingerprint density at radius 3 is 2.68 bits per heavy atom. The molecular weight excluding hydrogens is 276 g/mol. The molecule has 22 heavy (non-hydrogen) atoms. The summed E-state index contributed by atoms with van der Waals surface area (Å²) in [6, 6.07) is 13.8. The molecule has 1 aromatic heterocycles. The van der Waals surface area contributed by atoms with Gasteiger partial charge in [0.25, 0.3) is 0 Å². The standard InChI is InChI=1S/C18H22N2O2/c21-12-10-17(16-6-2-1-3-7-16)14-20-18(22)9-8-15-5-4-11-19-13-15/h1-7,11,13,17,21H,8-10,12,14H2,(H,20,22). The molecule has 1 atom stereocenters. The topological polar surface area (TPSA) is 62.2 Å². The zero-order valence-electron chi connectivity index (χ0n) is 12.6. The number of nitrogens with zero attached hydrogens (tertiary/aromatic N) is 1. The highest BCUT2D eigenvalue weighted by atomic mass is 16.3. The molecule has 2 rings (SSSR count). The van der Waals surface area contributed by atoms with E-state index in [1.807, 2.05) is 42.5 Å². The molecule has 0 fully saturated rings. The van der Waals surface area contributed by atoms with Crippen molar-refractivity contribution in [1.29, 1.82) is 0 Å². The van der Waals surface area contributed by atoms with Crippen LogP contribution in [0.15, 0.2) is 54.9 Å². The van der Waals surface area contributed by atoms with Gasteiger partial charge in [-0.25, -0.2) is 0 Å². The van der Waals surface area contributed by atoms with Gasteiger partial charge < -0.3 is 10.4 Å². The highest BCUT2D eigenvalue weighted by Crippen LogP contribution is 2.18. The van der Waals surface area contributed by atoms with Crippen LogP contribution in [0.4, 0.5) is 0 Å². The Bertz CT molecular complexity index is 558. The Morgan fingerprint density at radius 1 is 1.18 bits per heavy atom. The number of aliphatic hydroxyl groups is 1. The van der Waals surface area contributed by atoms with Gasteiger partial charge in [0.05, 0.1) is 0 Å². The Balaban J connectivity index is 1.80. The molecule has 0 bridgehead atoms. The van der Waals surface area contributed by atoms with Crippen molar-refractivity contribution in [2.24, 2.45) is 0 Å². The minimum atomic E-state index is 0.0303. The molecule has 0 aliphatic rings. The van der Waals surface area contributed by atoms with Gasteiger partial charge in [0.15, 0.2) is 0 Å². The van der Waals surface area contributed by atoms with Crippen molar-refractivity contribution in [3.8, 4) is 0 Å². The summed E-state index contributed by atoms with van der Waals surface area (Å²) in [4.78, 5) is 16.0. The molecule has 4 heteroatoms. The molecule has 0 spiro atoms. The SMILES string of the molecule is O=C(CCc1cccnc1)NCC(CCO)c1ccccc1. The quantitative estimate of drug-likeness (QED) is 0.786. The summed E-state index contributed by atoms with van der Waals surface area (Å²) >= 11 is 0. The maximum absolute atomic E-state index is 12.0. The molecule has 0 aliphatic carbocycles. The minimum absolute atomic E-state index is 0.0303. The molecule has 2 N–H and O–H groups in total. The lowest BCUT2D eigenvalue weighted by molar-refractivity contribution is -0.121. The van der Waals surface area contributed by atoms with Gasteiger partial charge in [0, 0.05) is 37.9 Å². The predicted molar refractivity (Wildman–Crippen MR) is 86.5 cm³/mol. The van der Waals surface area contributed by atoms with E-state index >= 15 is 0 Å². The normalized spacial score (nSPS) is 11.9. The lowest BCUT2D eigenvalue weighted by Crippen LogP contribution is -2.29. The number of hydrogen-bond donors (Lipinski definition) is 2. The molecule has 0 saturated carbocycles. The summed E-state index contributed by atoms with van der Waals surface area (Å²) in [5.41, 5.74) is 2.21. The zero-order valence-corrected chi connectivity index (χ0v) is 12.6. The largest absolute Gasteiger partial charge is 0.396 e. The number of pyridine rings is 1. The average Bonchev–Trinajstić information content (AvgIpc) is 2.58. The number of aromatic nitrogens is 1. The lowest BCUT2D eigenvalue weighted by Gasteiger charge is -2.17. The Labute approximate surface area is 131 Å². The fourth-order valence-electron chi connectivity index (χ4n) is 2.40. The van der Waals surface area contributed by atoms with Crippen LogP contribution in [0.1, 0.15) is 29.9 Å². The van der Waals surface area contributed by atoms with E-state index in [1.165, 1.54) is 0 Å². The average molecular weight is 298 g/mol. The van der Waals surface area contributed by atoms with Crippen molar-refractivity contribution >= 4 is 5.91 Å². The number of aliphatic hydroxyl groups excluding tert-OH is 1. The Kier molecular flexibility index (Phi) is 6.58. The summed E-state index contributed by atoms with van der Waals surface area (Å²) in [6.45, 7) is 0.668. The number of nitrogens with one attached hydrogen (secondary N) is 1. The van der Waals surface area contributed by atoms with Crippen molar-refractivity contribution in [3.63, 3.8) is 0 Å². The van der Waals surface area contributed by atoms with Crippen molar-refractivity contribution in [1.82, 2.24) is 10.3 Å². The van der Waals surface area contributed by atoms with Crippen LogP contribution in [0.25, 0.3) is 0 Å². The van der Waals surface area contributed by atoms with E-state index in [9.17, 15) is 9.90 Å². The first-order valence-corrected chi connectivity index (χ1v) is 7.61. The van der Waals surface area contributed by atoms with E-state index in [-0.39, 0.29) is 18.4 Å². The molecule has 0 radical (unpaired) electrons. The molecule has 116 valence electrons. The number of carbonyl (C=O) groups is 1. The number of carbonyl (C=O) groups excluding carboxylic acids is 1.